The van der Waals surface area contributed by atoms with E-state index in [1.54, 1.807) is 13.0 Å². The van der Waals surface area contributed by atoms with Gasteiger partial charge in [-0.1, -0.05) is 25.5 Å². The van der Waals surface area contributed by atoms with Gasteiger partial charge in [0.25, 0.3) is 6.36 Å². The predicted octanol–water partition coefficient (Wildman–Crippen LogP) is 0.824. The zero-order chi connectivity index (χ0) is 20.6. The maximum atomic E-state index is 13.5. The molecule has 7 heteroatoms. The molecule has 0 radical (unpaired) electrons. The van der Waals surface area contributed by atoms with Crippen LogP contribution in [0.3, 0.4) is 0 Å². The van der Waals surface area contributed by atoms with Crippen LogP contribution in [0.25, 0.3) is 0 Å². The summed E-state index contributed by atoms with van der Waals surface area (Å²) in [5, 5.41) is 42.0. The summed E-state index contributed by atoms with van der Waals surface area (Å²) in [6, 6.07) is 0. The molecule has 154 valence electrons. The monoisotopic (exact) mass is 394 g/mol. The van der Waals surface area contributed by atoms with Crippen LogP contribution in [-0.2, 0) is 9.59 Å². The van der Waals surface area contributed by atoms with Crippen LogP contribution < -0.4 is 0 Å². The SMILES string of the molecule is C[C@]12C=CC(=O)C=C1CC[C@@H]1[C@@H]2[C@@H](O)C[C@@]2(C)[C@H]1C[C@@H](O)[C@]2(O)C(=O)C(O)F. The van der Waals surface area contributed by atoms with E-state index >= 15 is 0 Å². The molecule has 28 heavy (non-hydrogen) atoms. The number of carbonyl (C=O) groups excluding carboxylic acids is 2. The van der Waals surface area contributed by atoms with E-state index in [0.29, 0.717) is 12.8 Å². The number of aliphatic hydroxyl groups is 4. The Hall–Kier alpha value is -1.41. The second-order valence-corrected chi connectivity index (χ2v) is 9.43. The Kier molecular flexibility index (Phi) is 4.29. The van der Waals surface area contributed by atoms with E-state index in [-0.39, 0.29) is 36.4 Å². The van der Waals surface area contributed by atoms with Crippen LogP contribution in [0.1, 0.15) is 39.5 Å². The van der Waals surface area contributed by atoms with Crippen LogP contribution >= 0.6 is 0 Å². The molecule has 0 bridgehead atoms. The van der Waals surface area contributed by atoms with E-state index in [1.807, 2.05) is 13.0 Å². The summed E-state index contributed by atoms with van der Waals surface area (Å²) < 4.78 is 13.5. The molecule has 0 spiro atoms. The fourth-order valence-electron chi connectivity index (χ4n) is 6.96. The van der Waals surface area contributed by atoms with Crippen molar-refractivity contribution in [3.05, 3.63) is 23.8 Å². The average Bonchev–Trinajstić information content (AvgIpc) is 2.82. The number of rotatable bonds is 2. The number of halogens is 1. The molecule has 9 atom stereocenters. The van der Waals surface area contributed by atoms with E-state index in [9.17, 15) is 34.4 Å². The molecule has 4 rings (SSSR count). The van der Waals surface area contributed by atoms with Crippen molar-refractivity contribution in [1.82, 2.24) is 0 Å². The number of allylic oxidation sites excluding steroid dienone is 4. The van der Waals surface area contributed by atoms with E-state index in [4.69, 9.17) is 0 Å². The quantitative estimate of drug-likeness (QED) is 0.551. The lowest BCUT2D eigenvalue weighted by atomic mass is 9.46. The zero-order valence-corrected chi connectivity index (χ0v) is 16.0. The first-order valence-electron chi connectivity index (χ1n) is 9.86. The molecule has 0 aliphatic heterocycles. The molecule has 0 saturated heterocycles. The third-order valence-electron chi connectivity index (χ3n) is 8.31. The number of carbonyl (C=O) groups is 2. The second-order valence-electron chi connectivity index (χ2n) is 9.43. The number of fused-ring (bicyclic) bond motifs is 5. The Labute approximate surface area is 162 Å². The molecule has 1 unspecified atom stereocenters. The number of hydrogen-bond donors (Lipinski definition) is 4. The molecule has 3 saturated carbocycles. The molecule has 4 aliphatic carbocycles. The van der Waals surface area contributed by atoms with E-state index in [1.165, 1.54) is 6.08 Å². The number of Topliss-reactive ketones (excluding diaryl/α,β-unsaturated/α-hetero) is 1. The first-order valence-corrected chi connectivity index (χ1v) is 9.86. The van der Waals surface area contributed by atoms with Crippen LogP contribution in [0.15, 0.2) is 23.8 Å². The third-order valence-corrected chi connectivity index (χ3v) is 8.31. The lowest BCUT2D eigenvalue weighted by Crippen LogP contribution is -2.64. The van der Waals surface area contributed by atoms with Gasteiger partial charge in [0.2, 0.25) is 5.78 Å². The highest BCUT2D eigenvalue weighted by Gasteiger charge is 2.72. The Morgan fingerprint density at radius 3 is 2.64 bits per heavy atom. The van der Waals surface area contributed by atoms with Gasteiger partial charge >= 0.3 is 0 Å². The Morgan fingerprint density at radius 2 is 2.00 bits per heavy atom. The topological polar surface area (TPSA) is 115 Å². The van der Waals surface area contributed by atoms with Gasteiger partial charge in [-0.25, -0.2) is 4.39 Å². The second kappa shape index (κ2) is 6.05. The van der Waals surface area contributed by atoms with Crippen LogP contribution in [0.2, 0.25) is 0 Å². The summed E-state index contributed by atoms with van der Waals surface area (Å²) in [4.78, 5) is 24.2. The molecular formula is C21H27FO6. The normalized spacial score (nSPS) is 51.0. The van der Waals surface area contributed by atoms with Gasteiger partial charge in [0.05, 0.1) is 12.2 Å². The molecule has 3 fully saturated rings. The molecule has 4 aliphatic rings. The van der Waals surface area contributed by atoms with E-state index in [2.05, 4.69) is 0 Å². The molecule has 0 aromatic rings. The van der Waals surface area contributed by atoms with Crippen molar-refractivity contribution < 1.29 is 34.4 Å². The summed E-state index contributed by atoms with van der Waals surface area (Å²) in [6.07, 6.45) is 1.01. The van der Waals surface area contributed by atoms with Crippen molar-refractivity contribution in [2.45, 2.75) is 63.7 Å². The highest BCUT2D eigenvalue weighted by atomic mass is 19.1. The Morgan fingerprint density at radius 1 is 1.32 bits per heavy atom. The van der Waals surface area contributed by atoms with Gasteiger partial charge in [-0.3, -0.25) is 9.59 Å². The van der Waals surface area contributed by atoms with Gasteiger partial charge in [-0.2, -0.15) is 0 Å². The molecular weight excluding hydrogens is 367 g/mol. The molecule has 0 amide bonds. The number of alkyl halides is 1. The fourth-order valence-corrected chi connectivity index (χ4v) is 6.96. The van der Waals surface area contributed by atoms with Crippen molar-refractivity contribution in [1.29, 1.82) is 0 Å². The maximum Gasteiger partial charge on any atom is 0.259 e. The van der Waals surface area contributed by atoms with Gasteiger partial charge in [-0.05, 0) is 49.7 Å². The number of ketones is 2. The van der Waals surface area contributed by atoms with Crippen LogP contribution in [0.4, 0.5) is 4.39 Å². The molecule has 0 heterocycles. The van der Waals surface area contributed by atoms with Gasteiger partial charge < -0.3 is 20.4 Å². The summed E-state index contributed by atoms with van der Waals surface area (Å²) in [6.45, 7) is 3.58. The molecule has 4 N–H and O–H groups in total. The summed E-state index contributed by atoms with van der Waals surface area (Å²) in [7, 11) is 0. The molecule has 6 nitrogen and oxygen atoms in total. The van der Waals surface area contributed by atoms with Crippen molar-refractivity contribution in [2.75, 3.05) is 0 Å². The average molecular weight is 394 g/mol. The van der Waals surface area contributed by atoms with Gasteiger partial charge in [0.1, 0.15) is 0 Å². The first-order chi connectivity index (χ1) is 13.0. The first kappa shape index (κ1) is 19.9. The van der Waals surface area contributed by atoms with Crippen LogP contribution in [-0.4, -0.2) is 56.2 Å². The number of hydrogen-bond acceptors (Lipinski definition) is 6. The minimum atomic E-state index is -2.89. The van der Waals surface area contributed by atoms with Crippen molar-refractivity contribution in [3.63, 3.8) is 0 Å². The summed E-state index contributed by atoms with van der Waals surface area (Å²) in [5.41, 5.74) is -3.27. The van der Waals surface area contributed by atoms with Gasteiger partial charge in [0.15, 0.2) is 11.4 Å². The van der Waals surface area contributed by atoms with E-state index < -0.39 is 40.8 Å². The zero-order valence-electron chi connectivity index (χ0n) is 16.0. The Bertz CT molecular complexity index is 790. The van der Waals surface area contributed by atoms with Crippen LogP contribution in [0, 0.1) is 28.6 Å². The fraction of sp³-hybridized carbons (Fsp3) is 0.714. The highest BCUT2D eigenvalue weighted by molar-refractivity contribution is 6.01. The Balaban J connectivity index is 1.77. The third kappa shape index (κ3) is 2.27. The van der Waals surface area contributed by atoms with Crippen LogP contribution in [0.5, 0.6) is 0 Å². The summed E-state index contributed by atoms with van der Waals surface area (Å²) in [5.74, 6) is -2.21. The standard InChI is InChI=1S/C21H27FO6/c1-19-6-5-11(23)7-10(19)3-4-12-13-8-15(25)21(28,17(26)18(22)27)20(13,2)9-14(24)16(12)19/h5-7,12-16,18,24-25,27-28H,3-4,8-9H2,1-2H3/t12-,13-,14-,15+,16+,18?,19-,20-,21-/m0/s1. The lowest BCUT2D eigenvalue weighted by molar-refractivity contribution is -0.199. The smallest absolute Gasteiger partial charge is 0.259 e. The van der Waals surface area contributed by atoms with Crippen molar-refractivity contribution >= 4 is 11.6 Å². The number of aliphatic hydroxyl groups excluding tert-OH is 3. The maximum absolute atomic E-state index is 13.5. The molecule has 0 aromatic heterocycles. The predicted molar refractivity (Wildman–Crippen MR) is 96.5 cm³/mol. The summed E-state index contributed by atoms with van der Waals surface area (Å²) >= 11 is 0. The minimum Gasteiger partial charge on any atom is -0.393 e. The van der Waals surface area contributed by atoms with Crippen molar-refractivity contribution in [3.8, 4) is 0 Å². The highest BCUT2D eigenvalue weighted by Crippen LogP contribution is 2.67. The van der Waals surface area contributed by atoms with Crippen molar-refractivity contribution in [2.24, 2.45) is 28.6 Å². The molecule has 0 aromatic carbocycles. The van der Waals surface area contributed by atoms with Gasteiger partial charge in [-0.15, -0.1) is 0 Å². The minimum absolute atomic E-state index is 0.00445. The van der Waals surface area contributed by atoms with Gasteiger partial charge in [0, 0.05) is 16.7 Å². The lowest BCUT2D eigenvalue weighted by Gasteiger charge is -2.59. The largest absolute Gasteiger partial charge is 0.393 e. The van der Waals surface area contributed by atoms with E-state index in [0.717, 1.165) is 5.57 Å².